The van der Waals surface area contributed by atoms with E-state index < -0.39 is 60.4 Å². The Morgan fingerprint density at radius 2 is 1.81 bits per heavy atom. The molecule has 2 aromatic heterocycles. The quantitative estimate of drug-likeness (QED) is 0.488. The first kappa shape index (κ1) is 11.6. The first-order valence-corrected chi connectivity index (χ1v) is 10.2. The molecular formula is C19H22NO4S2+. The predicted octanol–water partition coefficient (Wildman–Crippen LogP) is 2.35. The van der Waals surface area contributed by atoms with Crippen LogP contribution in [0.2, 0.25) is 0 Å². The largest absolute Gasteiger partial charge is 0.459 e. The highest BCUT2D eigenvalue weighted by atomic mass is 32.1. The molecule has 1 N–H and O–H groups in total. The average Bonchev–Trinajstić information content (AvgIpc) is 3.07. The Balaban J connectivity index is 1.44. The van der Waals surface area contributed by atoms with Crippen LogP contribution >= 0.6 is 22.7 Å². The van der Waals surface area contributed by atoms with Gasteiger partial charge in [0.05, 0.1) is 31.9 Å². The predicted molar refractivity (Wildman–Crippen MR) is 99.1 cm³/mol. The highest BCUT2D eigenvalue weighted by Crippen LogP contribution is 2.52. The monoisotopic (exact) mass is 398 g/mol. The number of fused-ring (bicyclic) bond motifs is 5. The summed E-state index contributed by atoms with van der Waals surface area (Å²) in [5.41, 5.74) is -1.97. The summed E-state index contributed by atoms with van der Waals surface area (Å²) in [6.07, 6.45) is -1.57. The number of aliphatic hydroxyl groups is 1. The third-order valence-electron chi connectivity index (χ3n) is 5.70. The second-order valence-electron chi connectivity index (χ2n) is 7.14. The van der Waals surface area contributed by atoms with E-state index in [0.717, 1.165) is 0 Å². The van der Waals surface area contributed by atoms with Crippen molar-refractivity contribution in [1.82, 2.24) is 0 Å². The molecule has 0 aromatic carbocycles. The summed E-state index contributed by atoms with van der Waals surface area (Å²) in [6, 6.07) is 5.10. The number of epoxide rings is 1. The Kier molecular flexibility index (Phi) is 2.50. The number of hydrogen-bond acceptors (Lipinski definition) is 6. The molecule has 7 heteroatoms. The van der Waals surface area contributed by atoms with E-state index in [-0.39, 0.29) is 12.8 Å². The summed E-state index contributed by atoms with van der Waals surface area (Å²) < 4.78 is 58.8. The number of hydrogen-bond donors (Lipinski definition) is 1. The third-order valence-corrected chi connectivity index (χ3v) is 7.66. The van der Waals surface area contributed by atoms with Crippen LogP contribution in [0, 0.1) is 0 Å². The lowest BCUT2D eigenvalue weighted by Gasteiger charge is -2.45. The summed E-state index contributed by atoms with van der Waals surface area (Å²) >= 11 is 2.46. The fourth-order valence-electron chi connectivity index (χ4n) is 4.32. The van der Waals surface area contributed by atoms with Crippen LogP contribution in [-0.2, 0) is 19.9 Å². The van der Waals surface area contributed by atoms with Crippen LogP contribution in [-0.4, -0.2) is 59.9 Å². The number of thiophene rings is 2. The molecule has 138 valence electrons. The van der Waals surface area contributed by atoms with Crippen molar-refractivity contribution in [3.05, 3.63) is 44.8 Å². The molecule has 3 aliphatic rings. The number of carbonyl (C=O) groups is 1. The minimum atomic E-state index is -2.76. The van der Waals surface area contributed by atoms with Crippen molar-refractivity contribution in [2.75, 3.05) is 14.0 Å². The highest BCUT2D eigenvalue weighted by molar-refractivity contribution is 7.12. The van der Waals surface area contributed by atoms with Crippen molar-refractivity contribution in [1.29, 1.82) is 0 Å². The van der Waals surface area contributed by atoms with Crippen LogP contribution in [0.15, 0.2) is 35.0 Å². The van der Waals surface area contributed by atoms with E-state index in [1.807, 2.05) is 0 Å². The van der Waals surface area contributed by atoms with Crippen molar-refractivity contribution in [2.45, 2.75) is 48.8 Å². The normalized spacial score (nSPS) is 38.7. The molecule has 0 spiro atoms. The Hall–Kier alpha value is -1.25. The van der Waals surface area contributed by atoms with E-state index in [1.54, 1.807) is 35.0 Å². The van der Waals surface area contributed by atoms with Crippen molar-refractivity contribution >= 4 is 28.6 Å². The first-order valence-electron chi connectivity index (χ1n) is 11.5. The number of quaternary nitrogens is 1. The van der Waals surface area contributed by atoms with Crippen LogP contribution in [0.3, 0.4) is 0 Å². The third kappa shape index (κ3) is 2.28. The van der Waals surface area contributed by atoms with Crippen molar-refractivity contribution < 1.29 is 32.1 Å². The number of carbonyl (C=O) groups excluding carboxylic acids is 1. The molecule has 0 amide bonds. The summed E-state index contributed by atoms with van der Waals surface area (Å²) in [5, 5.41) is 14.9. The molecule has 26 heavy (non-hydrogen) atoms. The second-order valence-corrected chi connectivity index (χ2v) is 9.04. The summed E-state index contributed by atoms with van der Waals surface area (Å²) in [4.78, 5) is 14.1. The smallest absolute Gasteiger partial charge is 0.349 e. The molecule has 2 aromatic rings. The van der Waals surface area contributed by atoms with E-state index in [0.29, 0.717) is 9.75 Å². The fourth-order valence-corrected chi connectivity index (χ4v) is 6.04. The molecule has 0 aliphatic carbocycles. The molecule has 5 nitrogen and oxygen atoms in total. The molecule has 0 radical (unpaired) electrons. The lowest BCUT2D eigenvalue weighted by atomic mass is 9.95. The van der Waals surface area contributed by atoms with Crippen LogP contribution in [0.4, 0.5) is 0 Å². The number of nitrogens with zero attached hydrogens (tertiary/aromatic N) is 1. The maximum atomic E-state index is 13.3. The Labute approximate surface area is 168 Å². The van der Waals surface area contributed by atoms with E-state index in [2.05, 4.69) is 0 Å². The van der Waals surface area contributed by atoms with E-state index >= 15 is 0 Å². The Morgan fingerprint density at radius 1 is 1.23 bits per heavy atom. The van der Waals surface area contributed by atoms with Gasteiger partial charge >= 0.3 is 5.97 Å². The number of esters is 1. The molecule has 0 saturated carbocycles. The van der Waals surface area contributed by atoms with Gasteiger partial charge < -0.3 is 19.1 Å². The van der Waals surface area contributed by atoms with Crippen molar-refractivity contribution in [3.63, 3.8) is 0 Å². The van der Waals surface area contributed by atoms with Gasteiger partial charge in [0.1, 0.15) is 30.4 Å². The zero-order chi connectivity index (χ0) is 23.1. The summed E-state index contributed by atoms with van der Waals surface area (Å²) in [6.45, 7) is -5.53. The van der Waals surface area contributed by atoms with Crippen LogP contribution in [0.5, 0.6) is 0 Å². The molecule has 3 fully saturated rings. The Morgan fingerprint density at radius 3 is 2.27 bits per heavy atom. The van der Waals surface area contributed by atoms with Gasteiger partial charge in [-0.2, -0.15) is 0 Å². The van der Waals surface area contributed by atoms with E-state index in [1.165, 1.54) is 22.7 Å². The fraction of sp³-hybridized carbons (Fsp3) is 0.526. The number of ether oxygens (including phenoxy) is 2. The van der Waals surface area contributed by atoms with Gasteiger partial charge in [-0.05, 0) is 22.9 Å². The first-order chi connectivity index (χ1) is 14.9. The maximum Gasteiger partial charge on any atom is 0.349 e. The van der Waals surface area contributed by atoms with Gasteiger partial charge in [0.15, 0.2) is 0 Å². The lowest BCUT2D eigenvalue weighted by molar-refractivity contribution is -0.938. The average molecular weight is 399 g/mol. The standard InChI is InChI=1S/C19H22NO4S2/c1-20(2)12-9-11(10-13(20)17-16(12)24-17)23-18(21)19(22,14-5-3-7-25-14)15-6-4-8-26-15/h3-8,11-13,16-17,22H,9-10H2,1-2H3/q+1/t11?,12-,13-,16-,17+/m1/s1/i1D3,2D3. The Bertz CT molecular complexity index is 938. The molecule has 5 heterocycles. The minimum Gasteiger partial charge on any atom is -0.459 e. The number of piperidine rings is 1. The van der Waals surface area contributed by atoms with Gasteiger partial charge in [0, 0.05) is 12.8 Å². The van der Waals surface area contributed by atoms with E-state index in [9.17, 15) is 9.90 Å². The SMILES string of the molecule is [2H]C([2H])([2H])[N+]1(C([2H])([2H])[2H])[C@@H]2CC(OC(=O)C(O)(c3cccs3)c3cccs3)C[C@@H]1[C@H]1O[C@H]12. The van der Waals surface area contributed by atoms with Gasteiger partial charge in [-0.15, -0.1) is 22.7 Å². The molecule has 5 rings (SSSR count). The highest BCUT2D eigenvalue weighted by Gasteiger charge is 2.71. The van der Waals surface area contributed by atoms with E-state index in [4.69, 9.17) is 17.7 Å². The molecule has 3 aliphatic heterocycles. The number of rotatable bonds is 4. The molecule has 1 unspecified atom stereocenters. The van der Waals surface area contributed by atoms with Crippen molar-refractivity contribution in [3.8, 4) is 0 Å². The van der Waals surface area contributed by atoms with Gasteiger partial charge in [-0.25, -0.2) is 4.79 Å². The molecule has 3 saturated heterocycles. The maximum absolute atomic E-state index is 13.3. The minimum absolute atomic E-state index is 0.0468. The molecule has 5 atom stereocenters. The van der Waals surface area contributed by atoms with Crippen LogP contribution in [0.25, 0.3) is 0 Å². The zero-order valence-electron chi connectivity index (χ0n) is 19.7. The topological polar surface area (TPSA) is 59.1 Å². The molecule has 2 bridgehead atoms. The van der Waals surface area contributed by atoms with Gasteiger partial charge in [0.2, 0.25) is 5.60 Å². The van der Waals surface area contributed by atoms with Gasteiger partial charge in [0.25, 0.3) is 0 Å². The van der Waals surface area contributed by atoms with Gasteiger partial charge in [-0.3, -0.25) is 0 Å². The lowest BCUT2D eigenvalue weighted by Crippen LogP contribution is -2.60. The molecular weight excluding hydrogens is 370 g/mol. The summed E-state index contributed by atoms with van der Waals surface area (Å²) in [5.74, 6) is -0.843. The van der Waals surface area contributed by atoms with Crippen LogP contribution < -0.4 is 0 Å². The summed E-state index contributed by atoms with van der Waals surface area (Å²) in [7, 11) is 0. The number of morpholine rings is 1. The second kappa shape index (κ2) is 5.62. The van der Waals surface area contributed by atoms with Crippen LogP contribution in [0.1, 0.15) is 30.8 Å². The van der Waals surface area contributed by atoms with Gasteiger partial charge in [-0.1, -0.05) is 12.1 Å². The number of likely N-dealkylation sites (N-methyl/N-ethyl adjacent to an activating group) is 1. The van der Waals surface area contributed by atoms with Crippen molar-refractivity contribution in [2.24, 2.45) is 0 Å². The zero-order valence-corrected chi connectivity index (χ0v) is 15.3.